The van der Waals surface area contributed by atoms with Crippen LogP contribution in [0.5, 0.6) is 0 Å². The van der Waals surface area contributed by atoms with Crippen LogP contribution in [0.25, 0.3) is 0 Å². The molecule has 124 valence electrons. The molecular formula is C13H19NO8. The van der Waals surface area contributed by atoms with E-state index >= 15 is 0 Å². The number of nitrogens with one attached hydrogen (secondary N) is 1. The van der Waals surface area contributed by atoms with Gasteiger partial charge in [-0.3, -0.25) is 19.2 Å². The van der Waals surface area contributed by atoms with Crippen LogP contribution in [0.15, 0.2) is 0 Å². The Labute approximate surface area is 127 Å². The molecule has 1 N–H and O–H groups in total. The molecule has 0 aliphatic carbocycles. The van der Waals surface area contributed by atoms with Crippen molar-refractivity contribution >= 4 is 29.6 Å². The van der Waals surface area contributed by atoms with Crippen LogP contribution >= 0.6 is 0 Å². The van der Waals surface area contributed by atoms with Crippen molar-refractivity contribution in [2.45, 2.75) is 20.8 Å². The van der Waals surface area contributed by atoms with Gasteiger partial charge < -0.3 is 19.5 Å². The monoisotopic (exact) mass is 317 g/mol. The van der Waals surface area contributed by atoms with E-state index in [1.807, 2.05) is 0 Å². The summed E-state index contributed by atoms with van der Waals surface area (Å²) in [5.74, 6) is -6.55. The van der Waals surface area contributed by atoms with Gasteiger partial charge in [0.05, 0.1) is 19.8 Å². The van der Waals surface area contributed by atoms with Crippen LogP contribution in [-0.2, 0) is 38.2 Å². The molecule has 0 aliphatic heterocycles. The first kappa shape index (κ1) is 19.6. The average molecular weight is 317 g/mol. The highest BCUT2D eigenvalue weighted by Crippen LogP contribution is 2.04. The fourth-order valence-electron chi connectivity index (χ4n) is 1.28. The molecule has 0 unspecified atom stereocenters. The van der Waals surface area contributed by atoms with Crippen molar-refractivity contribution in [1.29, 1.82) is 0 Å². The minimum absolute atomic E-state index is 0.00174. The van der Waals surface area contributed by atoms with E-state index in [4.69, 9.17) is 0 Å². The first-order valence-electron chi connectivity index (χ1n) is 6.63. The van der Waals surface area contributed by atoms with E-state index in [1.54, 1.807) is 0 Å². The van der Waals surface area contributed by atoms with E-state index in [2.05, 4.69) is 19.5 Å². The van der Waals surface area contributed by atoms with Crippen molar-refractivity contribution in [2.24, 2.45) is 5.92 Å². The fraction of sp³-hybridized carbons (Fsp3) is 0.615. The van der Waals surface area contributed by atoms with Gasteiger partial charge in [-0.1, -0.05) is 0 Å². The number of ketones is 1. The van der Waals surface area contributed by atoms with E-state index in [0.29, 0.717) is 0 Å². The predicted molar refractivity (Wildman–Crippen MR) is 71.4 cm³/mol. The normalized spacial score (nSPS) is 9.82. The second-order valence-electron chi connectivity index (χ2n) is 3.92. The molecule has 0 aliphatic rings. The zero-order valence-electron chi connectivity index (χ0n) is 12.7. The highest BCUT2D eigenvalue weighted by Gasteiger charge is 2.36. The Morgan fingerprint density at radius 3 is 1.82 bits per heavy atom. The van der Waals surface area contributed by atoms with E-state index in [1.165, 1.54) is 13.8 Å². The smallest absolute Gasteiger partial charge is 0.374 e. The number of hydrogen-bond donors (Lipinski definition) is 1. The summed E-state index contributed by atoms with van der Waals surface area (Å²) < 4.78 is 13.8. The van der Waals surface area contributed by atoms with Crippen LogP contribution < -0.4 is 5.32 Å². The molecule has 0 saturated heterocycles. The van der Waals surface area contributed by atoms with Crippen molar-refractivity contribution in [3.8, 4) is 0 Å². The molecule has 0 spiro atoms. The van der Waals surface area contributed by atoms with E-state index in [-0.39, 0.29) is 26.4 Å². The third kappa shape index (κ3) is 6.82. The van der Waals surface area contributed by atoms with Gasteiger partial charge in [-0.05, 0) is 13.8 Å². The zero-order chi connectivity index (χ0) is 17.1. The third-order valence-electron chi connectivity index (χ3n) is 2.23. The molecule has 9 nitrogen and oxygen atoms in total. The van der Waals surface area contributed by atoms with Gasteiger partial charge in [0.1, 0.15) is 6.61 Å². The van der Waals surface area contributed by atoms with Crippen LogP contribution in [0, 0.1) is 5.92 Å². The third-order valence-corrected chi connectivity index (χ3v) is 2.23. The minimum atomic E-state index is -1.75. The lowest BCUT2D eigenvalue weighted by Crippen LogP contribution is -2.43. The van der Waals surface area contributed by atoms with Crippen molar-refractivity contribution < 1.29 is 38.2 Å². The second kappa shape index (κ2) is 10.3. The molecule has 0 atom stereocenters. The van der Waals surface area contributed by atoms with Gasteiger partial charge in [0.15, 0.2) is 0 Å². The van der Waals surface area contributed by atoms with Gasteiger partial charge in [0, 0.05) is 6.92 Å². The summed E-state index contributed by atoms with van der Waals surface area (Å²) in [6, 6.07) is 0. The molecule has 0 bridgehead atoms. The number of carbonyl (C=O) groups excluding carboxylic acids is 5. The summed E-state index contributed by atoms with van der Waals surface area (Å²) in [5.41, 5.74) is 0. The van der Waals surface area contributed by atoms with E-state index in [0.717, 1.165) is 6.92 Å². The molecule has 0 saturated carbocycles. The summed E-state index contributed by atoms with van der Waals surface area (Å²) >= 11 is 0. The Balaban J connectivity index is 4.51. The Hall–Kier alpha value is -2.45. The Bertz CT molecular complexity index is 427. The zero-order valence-corrected chi connectivity index (χ0v) is 12.7. The number of amides is 1. The summed E-state index contributed by atoms with van der Waals surface area (Å²) in [6.07, 6.45) is 0. The lowest BCUT2D eigenvalue weighted by Gasteiger charge is -2.14. The number of hydrogen-bond acceptors (Lipinski definition) is 8. The summed E-state index contributed by atoms with van der Waals surface area (Å²) in [5, 5.41) is 2.23. The van der Waals surface area contributed by atoms with Gasteiger partial charge in [-0.2, -0.15) is 0 Å². The van der Waals surface area contributed by atoms with Gasteiger partial charge >= 0.3 is 17.9 Å². The first-order valence-corrected chi connectivity index (χ1v) is 6.63. The predicted octanol–water partition coefficient (Wildman–Crippen LogP) is -1.02. The number of esters is 3. The second-order valence-corrected chi connectivity index (χ2v) is 3.92. The maximum absolute atomic E-state index is 11.8. The van der Waals surface area contributed by atoms with Crippen molar-refractivity contribution in [1.82, 2.24) is 5.32 Å². The maximum atomic E-state index is 11.8. The standard InChI is InChI=1S/C13H19NO8/c1-4-20-12(18)9(13(19)21-5-2)10(16)14-6-7-22-11(17)8(3)15/h9H,4-7H2,1-3H3,(H,14,16). The highest BCUT2D eigenvalue weighted by molar-refractivity contribution is 6.32. The number of Topliss-reactive ketones (excluding diaryl/α,β-unsaturated/α-hetero) is 1. The highest BCUT2D eigenvalue weighted by atomic mass is 16.6. The topological polar surface area (TPSA) is 125 Å². The molecule has 0 rings (SSSR count). The number of ether oxygens (including phenoxy) is 3. The van der Waals surface area contributed by atoms with Gasteiger partial charge in [0.25, 0.3) is 0 Å². The average Bonchev–Trinajstić information content (AvgIpc) is 2.44. The molecule has 0 aromatic heterocycles. The largest absolute Gasteiger partial charge is 0.465 e. The number of carbonyl (C=O) groups is 5. The molecule has 9 heteroatoms. The van der Waals surface area contributed by atoms with E-state index < -0.39 is 35.5 Å². The molecule has 0 aromatic carbocycles. The molecule has 0 aromatic rings. The Kier molecular flexibility index (Phi) is 9.15. The molecule has 0 fully saturated rings. The minimum Gasteiger partial charge on any atom is -0.465 e. The molecule has 22 heavy (non-hydrogen) atoms. The van der Waals surface area contributed by atoms with Crippen molar-refractivity contribution in [3.05, 3.63) is 0 Å². The van der Waals surface area contributed by atoms with Crippen LogP contribution in [-0.4, -0.2) is 56.0 Å². The fourth-order valence-corrected chi connectivity index (χ4v) is 1.28. The summed E-state index contributed by atoms with van der Waals surface area (Å²) in [7, 11) is 0. The van der Waals surface area contributed by atoms with Crippen LogP contribution in [0.3, 0.4) is 0 Å². The summed E-state index contributed by atoms with van der Waals surface area (Å²) in [4.78, 5) is 56.6. The summed E-state index contributed by atoms with van der Waals surface area (Å²) in [6.45, 7) is 3.64. The Morgan fingerprint density at radius 2 is 1.41 bits per heavy atom. The van der Waals surface area contributed by atoms with Crippen LogP contribution in [0.1, 0.15) is 20.8 Å². The van der Waals surface area contributed by atoms with Crippen molar-refractivity contribution in [3.63, 3.8) is 0 Å². The quantitative estimate of drug-likeness (QED) is 0.188. The van der Waals surface area contributed by atoms with Gasteiger partial charge in [-0.15, -0.1) is 0 Å². The maximum Gasteiger partial charge on any atom is 0.374 e. The van der Waals surface area contributed by atoms with Crippen LogP contribution in [0.2, 0.25) is 0 Å². The lowest BCUT2D eigenvalue weighted by atomic mass is 10.1. The van der Waals surface area contributed by atoms with Gasteiger partial charge in [-0.25, -0.2) is 4.79 Å². The molecule has 1 amide bonds. The molecule has 0 heterocycles. The Morgan fingerprint density at radius 1 is 0.909 bits per heavy atom. The first-order chi connectivity index (χ1) is 10.3. The van der Waals surface area contributed by atoms with Crippen molar-refractivity contribution in [2.75, 3.05) is 26.4 Å². The lowest BCUT2D eigenvalue weighted by molar-refractivity contribution is -0.164. The SMILES string of the molecule is CCOC(=O)C(C(=O)NCCOC(=O)C(C)=O)C(=O)OCC. The van der Waals surface area contributed by atoms with Crippen LogP contribution in [0.4, 0.5) is 0 Å². The molecule has 0 radical (unpaired) electrons. The molecular weight excluding hydrogens is 298 g/mol. The number of rotatable bonds is 9. The van der Waals surface area contributed by atoms with E-state index in [9.17, 15) is 24.0 Å². The van der Waals surface area contributed by atoms with Gasteiger partial charge in [0.2, 0.25) is 17.6 Å².